The van der Waals surface area contributed by atoms with E-state index >= 15 is 0 Å². The molecule has 0 atom stereocenters. The smallest absolute Gasteiger partial charge is 0.341 e. The lowest BCUT2D eigenvalue weighted by atomic mass is 10.2. The second-order valence-electron chi connectivity index (χ2n) is 5.20. The lowest BCUT2D eigenvalue weighted by Crippen LogP contribution is -2.10. The molecule has 1 rings (SSSR count). The molecular weight excluding hydrogens is 410 g/mol. The number of halogens is 4. The maximum absolute atomic E-state index is 13.7. The Morgan fingerprint density at radius 2 is 1.92 bits per heavy atom. The Morgan fingerprint density at radius 1 is 1.20 bits per heavy atom. The number of unbranched alkanes of at least 4 members (excludes halogenated alkanes) is 2. The molecule has 0 aliphatic heterocycles. The van der Waals surface area contributed by atoms with Gasteiger partial charge in [0.25, 0.3) is 0 Å². The van der Waals surface area contributed by atoms with E-state index in [0.717, 1.165) is 18.9 Å². The molecule has 9 heteroatoms. The number of rotatable bonds is 9. The highest BCUT2D eigenvalue weighted by Crippen LogP contribution is 2.27. The molecule has 138 valence electrons. The summed E-state index contributed by atoms with van der Waals surface area (Å²) >= 11 is 17.3. The molecule has 0 saturated carbocycles. The molecule has 0 N–H and O–H groups in total. The summed E-state index contributed by atoms with van der Waals surface area (Å²) in [6.07, 6.45) is 4.77. The molecule has 0 aliphatic rings. The van der Waals surface area contributed by atoms with E-state index in [1.54, 1.807) is 0 Å². The SMILES string of the molecule is COC(=O)/C=C/c1ccc(F)c(OC(=O)CCCCC[Si](Cl)(Cl)Cl)c1. The van der Waals surface area contributed by atoms with Crippen molar-refractivity contribution in [1.82, 2.24) is 0 Å². The van der Waals surface area contributed by atoms with Crippen LogP contribution in [0.2, 0.25) is 6.04 Å². The fourth-order valence-corrected chi connectivity index (χ4v) is 3.73. The molecule has 0 fully saturated rings. The molecule has 0 aromatic heterocycles. The van der Waals surface area contributed by atoms with Crippen molar-refractivity contribution in [3.05, 3.63) is 35.7 Å². The Kier molecular flexibility index (Phi) is 9.49. The van der Waals surface area contributed by atoms with Gasteiger partial charge in [0.05, 0.1) is 7.11 Å². The van der Waals surface area contributed by atoms with E-state index in [2.05, 4.69) is 4.74 Å². The summed E-state index contributed by atoms with van der Waals surface area (Å²) in [6.45, 7) is 0. The summed E-state index contributed by atoms with van der Waals surface area (Å²) < 4.78 is 23.2. The molecule has 1 aromatic rings. The third-order valence-corrected chi connectivity index (χ3v) is 5.75. The fourth-order valence-electron chi connectivity index (χ4n) is 1.88. The highest BCUT2D eigenvalue weighted by Gasteiger charge is 2.23. The Labute approximate surface area is 161 Å². The molecule has 0 bridgehead atoms. The zero-order valence-electron chi connectivity index (χ0n) is 13.6. The Bertz CT molecular complexity index is 632. The van der Waals surface area contributed by atoms with Crippen molar-refractivity contribution < 1.29 is 23.5 Å². The van der Waals surface area contributed by atoms with Gasteiger partial charge >= 0.3 is 17.9 Å². The molecule has 1 aromatic carbocycles. The second-order valence-corrected chi connectivity index (χ2v) is 14.5. The Morgan fingerprint density at radius 3 is 2.56 bits per heavy atom. The molecular formula is C16H18Cl3FO4Si. The first-order chi connectivity index (χ1) is 11.7. The highest BCUT2D eigenvalue weighted by atomic mass is 35.8. The molecule has 0 heterocycles. The van der Waals surface area contributed by atoms with Gasteiger partial charge in [-0.3, -0.25) is 4.79 Å². The summed E-state index contributed by atoms with van der Waals surface area (Å²) in [5, 5.41) is 0. The number of benzene rings is 1. The molecule has 4 nitrogen and oxygen atoms in total. The summed E-state index contributed by atoms with van der Waals surface area (Å²) in [5.41, 5.74) is 0.502. The Hall–Kier alpha value is -1.08. The Balaban J connectivity index is 2.50. The largest absolute Gasteiger partial charge is 0.466 e. The summed E-state index contributed by atoms with van der Waals surface area (Å²) in [6, 6.07) is 1.86. The van der Waals surface area contributed by atoms with Crippen LogP contribution in [0.5, 0.6) is 5.75 Å². The molecule has 25 heavy (non-hydrogen) atoms. The lowest BCUT2D eigenvalue weighted by molar-refractivity contribution is -0.135. The second kappa shape index (κ2) is 10.8. The number of hydrogen-bond acceptors (Lipinski definition) is 4. The maximum Gasteiger partial charge on any atom is 0.341 e. The van der Waals surface area contributed by atoms with E-state index in [1.807, 2.05) is 0 Å². The van der Waals surface area contributed by atoms with Crippen LogP contribution in [-0.2, 0) is 14.3 Å². The van der Waals surface area contributed by atoms with Crippen LogP contribution < -0.4 is 4.74 Å². The number of carbonyl (C=O) groups excluding carboxylic acids is 2. The fraction of sp³-hybridized carbons (Fsp3) is 0.375. The van der Waals surface area contributed by atoms with Crippen molar-refractivity contribution in [1.29, 1.82) is 0 Å². The van der Waals surface area contributed by atoms with Crippen molar-refractivity contribution in [2.45, 2.75) is 31.7 Å². The third-order valence-electron chi connectivity index (χ3n) is 3.13. The molecule has 0 amide bonds. The van der Waals surface area contributed by atoms with Gasteiger partial charge in [0, 0.05) is 12.5 Å². The van der Waals surface area contributed by atoms with Crippen molar-refractivity contribution in [3.8, 4) is 5.75 Å². The monoisotopic (exact) mass is 426 g/mol. The quantitative estimate of drug-likeness (QED) is 0.137. The molecule has 0 unspecified atom stereocenters. The van der Waals surface area contributed by atoms with Gasteiger partial charge in [0.15, 0.2) is 11.6 Å². The van der Waals surface area contributed by atoms with E-state index in [-0.39, 0.29) is 12.2 Å². The van der Waals surface area contributed by atoms with Gasteiger partial charge in [-0.05, 0) is 36.2 Å². The van der Waals surface area contributed by atoms with Gasteiger partial charge in [0.1, 0.15) is 0 Å². The standard InChI is InChI=1S/C16H18Cl3FO4Si/c1-23-15(21)9-7-12-6-8-13(20)14(11-12)24-16(22)5-3-2-4-10-25(17,18)19/h6-9,11H,2-5,10H2,1H3/b9-7+. The van der Waals surface area contributed by atoms with Gasteiger partial charge < -0.3 is 9.47 Å². The van der Waals surface area contributed by atoms with Gasteiger partial charge in [-0.2, -0.15) is 0 Å². The number of ether oxygens (including phenoxy) is 2. The van der Waals surface area contributed by atoms with E-state index in [0.29, 0.717) is 18.0 Å². The average molecular weight is 428 g/mol. The van der Waals surface area contributed by atoms with Crippen molar-refractivity contribution >= 4 is 57.3 Å². The van der Waals surface area contributed by atoms with Crippen molar-refractivity contribution in [3.63, 3.8) is 0 Å². The summed E-state index contributed by atoms with van der Waals surface area (Å²) in [4.78, 5) is 22.9. The van der Waals surface area contributed by atoms with Crippen LogP contribution in [-0.4, -0.2) is 25.1 Å². The normalized spacial score (nSPS) is 11.6. The minimum atomic E-state index is -2.62. The van der Waals surface area contributed by atoms with Gasteiger partial charge in [-0.25, -0.2) is 9.18 Å². The zero-order chi connectivity index (χ0) is 18.9. The zero-order valence-corrected chi connectivity index (χ0v) is 16.8. The predicted octanol–water partition coefficient (Wildman–Crippen LogP) is 5.13. The van der Waals surface area contributed by atoms with Crippen molar-refractivity contribution in [2.75, 3.05) is 7.11 Å². The van der Waals surface area contributed by atoms with Gasteiger partial charge in [-0.15, -0.1) is 33.2 Å². The van der Waals surface area contributed by atoms with Crippen molar-refractivity contribution in [2.24, 2.45) is 0 Å². The number of carbonyl (C=O) groups is 2. The third kappa shape index (κ3) is 9.84. The maximum atomic E-state index is 13.7. The predicted molar refractivity (Wildman–Crippen MR) is 99.7 cm³/mol. The minimum Gasteiger partial charge on any atom is -0.466 e. The van der Waals surface area contributed by atoms with Crippen LogP contribution in [0.3, 0.4) is 0 Å². The van der Waals surface area contributed by atoms with E-state index in [1.165, 1.54) is 31.4 Å². The first-order valence-electron chi connectivity index (χ1n) is 7.54. The van der Waals surface area contributed by atoms with Crippen LogP contribution in [0, 0.1) is 5.82 Å². The first kappa shape index (κ1) is 22.0. The molecule has 0 radical (unpaired) electrons. The van der Waals surface area contributed by atoms with Crippen LogP contribution >= 0.6 is 33.2 Å². The van der Waals surface area contributed by atoms with E-state index in [9.17, 15) is 14.0 Å². The van der Waals surface area contributed by atoms with Gasteiger partial charge in [0.2, 0.25) is 0 Å². The minimum absolute atomic E-state index is 0.142. The van der Waals surface area contributed by atoms with Crippen LogP contribution in [0.1, 0.15) is 31.2 Å². The molecule has 0 spiro atoms. The van der Waals surface area contributed by atoms with Crippen LogP contribution in [0.15, 0.2) is 24.3 Å². The molecule has 0 saturated heterocycles. The summed E-state index contributed by atoms with van der Waals surface area (Å²) in [7, 11) is 1.25. The van der Waals surface area contributed by atoms with Crippen LogP contribution in [0.25, 0.3) is 6.08 Å². The summed E-state index contributed by atoms with van der Waals surface area (Å²) in [5.74, 6) is -1.93. The highest BCUT2D eigenvalue weighted by molar-refractivity contribution is 7.64. The topological polar surface area (TPSA) is 52.6 Å². The van der Waals surface area contributed by atoms with Gasteiger partial charge in [-0.1, -0.05) is 18.9 Å². The number of methoxy groups -OCH3 is 1. The number of esters is 2. The lowest BCUT2D eigenvalue weighted by Gasteiger charge is -2.08. The van der Waals surface area contributed by atoms with E-state index < -0.39 is 23.8 Å². The van der Waals surface area contributed by atoms with E-state index in [4.69, 9.17) is 38.0 Å². The average Bonchev–Trinajstić information content (AvgIpc) is 2.53. The van der Waals surface area contributed by atoms with Crippen LogP contribution in [0.4, 0.5) is 4.39 Å². The number of hydrogen-bond donors (Lipinski definition) is 0. The molecule has 0 aliphatic carbocycles. The first-order valence-corrected chi connectivity index (χ1v) is 12.8.